The third-order valence-corrected chi connectivity index (χ3v) is 1.67. The molecule has 3 nitrogen and oxygen atoms in total. The zero-order valence-corrected chi connectivity index (χ0v) is 7.12. The summed E-state index contributed by atoms with van der Waals surface area (Å²) in [6.07, 6.45) is 1.84. The Kier molecular flexibility index (Phi) is 3.03. The lowest BCUT2D eigenvalue weighted by Gasteiger charge is -2.05. The zero-order valence-electron chi connectivity index (χ0n) is 6.37. The maximum Gasteiger partial charge on any atom is 0.0642 e. The largest absolute Gasteiger partial charge is 0.322 e. The summed E-state index contributed by atoms with van der Waals surface area (Å²) >= 11 is 5.71. The van der Waals surface area contributed by atoms with Crippen LogP contribution in [0, 0.1) is 11.3 Å². The van der Waals surface area contributed by atoms with Crippen molar-refractivity contribution in [2.75, 3.05) is 0 Å². The van der Waals surface area contributed by atoms with Crippen molar-refractivity contribution >= 4 is 11.6 Å². The second kappa shape index (κ2) is 4.05. The number of nitrogens with two attached hydrogens (primary N) is 1. The van der Waals surface area contributed by atoms with Gasteiger partial charge >= 0.3 is 0 Å². The minimum atomic E-state index is -0.339. The van der Waals surface area contributed by atoms with Crippen LogP contribution in [0.5, 0.6) is 0 Å². The Bertz CT molecular complexity index is 305. The first-order valence-electron chi connectivity index (χ1n) is 3.48. The summed E-state index contributed by atoms with van der Waals surface area (Å²) < 4.78 is 0. The minimum Gasteiger partial charge on any atom is -0.322 e. The number of halogens is 1. The molecule has 0 aliphatic carbocycles. The van der Waals surface area contributed by atoms with Crippen molar-refractivity contribution in [2.45, 2.75) is 12.5 Å². The molecule has 0 aliphatic rings. The Labute approximate surface area is 75.8 Å². The Hall–Kier alpha value is -1.11. The predicted molar refractivity (Wildman–Crippen MR) is 46.4 cm³/mol. The van der Waals surface area contributed by atoms with Crippen LogP contribution in [0.15, 0.2) is 18.3 Å². The second-order valence-electron chi connectivity index (χ2n) is 2.37. The van der Waals surface area contributed by atoms with Gasteiger partial charge in [-0.3, -0.25) is 4.98 Å². The maximum atomic E-state index is 8.38. The highest BCUT2D eigenvalue weighted by Crippen LogP contribution is 2.14. The normalized spacial score (nSPS) is 12.1. The van der Waals surface area contributed by atoms with E-state index >= 15 is 0 Å². The zero-order chi connectivity index (χ0) is 8.97. The van der Waals surface area contributed by atoms with Crippen molar-refractivity contribution < 1.29 is 0 Å². The summed E-state index contributed by atoms with van der Waals surface area (Å²) in [4.78, 5) is 4.00. The Balaban J connectivity index is 2.82. The van der Waals surface area contributed by atoms with Crippen LogP contribution in [-0.4, -0.2) is 4.98 Å². The Morgan fingerprint density at radius 3 is 3.08 bits per heavy atom. The highest BCUT2D eigenvalue weighted by molar-refractivity contribution is 6.30. The molecule has 0 aliphatic heterocycles. The third kappa shape index (κ3) is 2.19. The van der Waals surface area contributed by atoms with Crippen molar-refractivity contribution in [3.8, 4) is 6.07 Å². The fourth-order valence-corrected chi connectivity index (χ4v) is 0.995. The summed E-state index contributed by atoms with van der Waals surface area (Å²) in [7, 11) is 0. The molecule has 12 heavy (non-hydrogen) atoms. The first kappa shape index (κ1) is 8.98. The van der Waals surface area contributed by atoms with Crippen molar-refractivity contribution in [3.63, 3.8) is 0 Å². The van der Waals surface area contributed by atoms with Crippen molar-refractivity contribution in [3.05, 3.63) is 29.0 Å². The summed E-state index contributed by atoms with van der Waals surface area (Å²) in [5.74, 6) is 0. The molecule has 62 valence electrons. The second-order valence-corrected chi connectivity index (χ2v) is 2.80. The van der Waals surface area contributed by atoms with Gasteiger partial charge in [-0.15, -0.1) is 0 Å². The molecule has 1 heterocycles. The summed E-state index contributed by atoms with van der Waals surface area (Å²) in [6, 6.07) is 4.98. The van der Waals surface area contributed by atoms with E-state index in [9.17, 15) is 0 Å². The van der Waals surface area contributed by atoms with Gasteiger partial charge in [0.1, 0.15) is 0 Å². The lowest BCUT2D eigenvalue weighted by Crippen LogP contribution is -2.10. The fraction of sp³-hybridized carbons (Fsp3) is 0.250. The van der Waals surface area contributed by atoms with Gasteiger partial charge in [0.25, 0.3) is 0 Å². The van der Waals surface area contributed by atoms with Crippen LogP contribution in [0.3, 0.4) is 0 Å². The van der Waals surface area contributed by atoms with Gasteiger partial charge in [0, 0.05) is 11.2 Å². The van der Waals surface area contributed by atoms with Gasteiger partial charge in [-0.2, -0.15) is 5.26 Å². The van der Waals surface area contributed by atoms with Gasteiger partial charge in [-0.1, -0.05) is 11.6 Å². The number of pyridine rings is 1. The lowest BCUT2D eigenvalue weighted by atomic mass is 10.1. The molecule has 0 spiro atoms. The van der Waals surface area contributed by atoms with E-state index in [-0.39, 0.29) is 12.5 Å². The number of rotatable bonds is 2. The molecule has 0 bridgehead atoms. The molecule has 1 rings (SSSR count). The van der Waals surface area contributed by atoms with Gasteiger partial charge in [-0.25, -0.2) is 0 Å². The molecule has 1 aromatic rings. The summed E-state index contributed by atoms with van der Waals surface area (Å²) in [5, 5.41) is 8.97. The van der Waals surface area contributed by atoms with Crippen molar-refractivity contribution in [1.82, 2.24) is 4.98 Å². The molecule has 0 fully saturated rings. The first-order valence-corrected chi connectivity index (χ1v) is 3.86. The maximum absolute atomic E-state index is 8.38. The fourth-order valence-electron chi connectivity index (χ4n) is 0.827. The number of aromatic nitrogens is 1. The van der Waals surface area contributed by atoms with Crippen LogP contribution >= 0.6 is 11.6 Å². The standard InChI is InChI=1S/C8H8ClN3/c9-6-2-4-12-8(5-6)7(11)1-3-10/h2,4-5,7H,1,11H2. The lowest BCUT2D eigenvalue weighted by molar-refractivity contribution is 0.720. The number of hydrogen-bond donors (Lipinski definition) is 1. The van der Waals surface area contributed by atoms with E-state index in [2.05, 4.69) is 4.98 Å². The molecule has 2 N–H and O–H groups in total. The average molecular weight is 182 g/mol. The van der Waals surface area contributed by atoms with Gasteiger partial charge in [0.05, 0.1) is 24.2 Å². The van der Waals surface area contributed by atoms with E-state index in [1.165, 1.54) is 0 Å². The quantitative estimate of drug-likeness (QED) is 0.755. The molecule has 0 saturated carbocycles. The molecule has 0 aromatic carbocycles. The highest BCUT2D eigenvalue weighted by atomic mass is 35.5. The number of nitrogens with zero attached hydrogens (tertiary/aromatic N) is 2. The van der Waals surface area contributed by atoms with Crippen LogP contribution in [0.25, 0.3) is 0 Å². The molecular formula is C8H8ClN3. The summed E-state index contributed by atoms with van der Waals surface area (Å²) in [6.45, 7) is 0. The van der Waals surface area contributed by atoms with Crippen LogP contribution in [0.2, 0.25) is 5.02 Å². The van der Waals surface area contributed by atoms with E-state index in [0.29, 0.717) is 10.7 Å². The van der Waals surface area contributed by atoms with Gasteiger partial charge in [0.2, 0.25) is 0 Å². The molecule has 0 amide bonds. The smallest absolute Gasteiger partial charge is 0.0642 e. The van der Waals surface area contributed by atoms with Crippen LogP contribution in [0.4, 0.5) is 0 Å². The average Bonchev–Trinajstić information content (AvgIpc) is 2.05. The third-order valence-electron chi connectivity index (χ3n) is 1.43. The van der Waals surface area contributed by atoms with Crippen molar-refractivity contribution in [1.29, 1.82) is 5.26 Å². The summed E-state index contributed by atoms with van der Waals surface area (Å²) in [5.41, 5.74) is 6.29. The van der Waals surface area contributed by atoms with Gasteiger partial charge < -0.3 is 5.73 Å². The highest BCUT2D eigenvalue weighted by Gasteiger charge is 2.06. The van der Waals surface area contributed by atoms with E-state index in [4.69, 9.17) is 22.6 Å². The van der Waals surface area contributed by atoms with Crippen LogP contribution in [0.1, 0.15) is 18.2 Å². The SMILES string of the molecule is N#CCC(N)c1cc(Cl)ccn1. The van der Waals surface area contributed by atoms with Gasteiger partial charge in [-0.05, 0) is 12.1 Å². The van der Waals surface area contributed by atoms with Crippen molar-refractivity contribution in [2.24, 2.45) is 5.73 Å². The van der Waals surface area contributed by atoms with E-state index in [0.717, 1.165) is 0 Å². The first-order chi connectivity index (χ1) is 5.74. The molecule has 1 aromatic heterocycles. The monoisotopic (exact) mass is 181 g/mol. The number of hydrogen-bond acceptors (Lipinski definition) is 3. The van der Waals surface area contributed by atoms with Crippen LogP contribution < -0.4 is 5.73 Å². The minimum absolute atomic E-state index is 0.257. The van der Waals surface area contributed by atoms with E-state index in [1.54, 1.807) is 18.3 Å². The predicted octanol–water partition coefficient (Wildman–Crippen LogP) is 1.65. The molecule has 0 radical (unpaired) electrons. The van der Waals surface area contributed by atoms with Gasteiger partial charge in [0.15, 0.2) is 0 Å². The Morgan fingerprint density at radius 2 is 2.50 bits per heavy atom. The molecule has 1 unspecified atom stereocenters. The molecule has 4 heteroatoms. The topological polar surface area (TPSA) is 62.7 Å². The molecule has 1 atom stereocenters. The molecular weight excluding hydrogens is 174 g/mol. The van der Waals surface area contributed by atoms with Crippen LogP contribution in [-0.2, 0) is 0 Å². The molecule has 0 saturated heterocycles. The van der Waals surface area contributed by atoms with E-state index < -0.39 is 0 Å². The van der Waals surface area contributed by atoms with E-state index in [1.807, 2.05) is 6.07 Å². The Morgan fingerprint density at radius 1 is 1.75 bits per heavy atom. The number of nitriles is 1.